The van der Waals surface area contributed by atoms with Gasteiger partial charge in [-0.1, -0.05) is 6.07 Å². The van der Waals surface area contributed by atoms with Crippen molar-refractivity contribution < 1.29 is 4.39 Å². The van der Waals surface area contributed by atoms with Gasteiger partial charge >= 0.3 is 0 Å². The lowest BCUT2D eigenvalue weighted by molar-refractivity contribution is 0.609. The highest BCUT2D eigenvalue weighted by Gasteiger charge is 2.10. The second-order valence-electron chi connectivity index (χ2n) is 3.22. The van der Waals surface area contributed by atoms with Crippen molar-refractivity contribution in [2.24, 2.45) is 0 Å². The van der Waals surface area contributed by atoms with E-state index in [0.717, 1.165) is 11.8 Å². The zero-order valence-corrected chi connectivity index (χ0v) is 8.39. The maximum absolute atomic E-state index is 13.5. The van der Waals surface area contributed by atoms with E-state index in [1.807, 2.05) is 12.1 Å². The van der Waals surface area contributed by atoms with Gasteiger partial charge < -0.3 is 0 Å². The third-order valence-electron chi connectivity index (χ3n) is 2.23. The molecule has 0 fully saturated rings. The number of nitriles is 1. The van der Waals surface area contributed by atoms with Gasteiger partial charge in [0.25, 0.3) is 0 Å². The monoisotopic (exact) mass is 213 g/mol. The Balaban J connectivity index is 2.57. The van der Waals surface area contributed by atoms with E-state index in [9.17, 15) is 4.39 Å². The number of halogens is 1. The van der Waals surface area contributed by atoms with E-state index in [1.165, 1.54) is 0 Å². The average Bonchev–Trinajstić information content (AvgIpc) is 2.33. The molecule has 2 aromatic rings. The molecule has 16 heavy (non-hydrogen) atoms. The van der Waals surface area contributed by atoms with Crippen LogP contribution < -0.4 is 0 Å². The fraction of sp³-hybridized carbons (Fsp3) is 0.0833. The first-order valence-electron chi connectivity index (χ1n) is 4.72. The predicted octanol–water partition coefficient (Wildman–Crippen LogP) is 2.35. The summed E-state index contributed by atoms with van der Waals surface area (Å²) < 4.78 is 13.5. The molecule has 78 valence electrons. The van der Waals surface area contributed by atoms with Gasteiger partial charge in [0.15, 0.2) is 0 Å². The molecule has 0 saturated heterocycles. The maximum Gasteiger partial charge on any atom is 0.146 e. The Labute approximate surface area is 92.2 Å². The first-order valence-corrected chi connectivity index (χ1v) is 4.72. The quantitative estimate of drug-likeness (QED) is 0.769. The van der Waals surface area contributed by atoms with Crippen molar-refractivity contribution in [2.45, 2.75) is 6.42 Å². The van der Waals surface area contributed by atoms with Gasteiger partial charge in [0.05, 0.1) is 18.7 Å². The van der Waals surface area contributed by atoms with Gasteiger partial charge in [0, 0.05) is 35.3 Å². The SMILES string of the molecule is N#CCc1c(F)cncc1-c1cccnc1. The second-order valence-corrected chi connectivity index (χ2v) is 3.22. The van der Waals surface area contributed by atoms with Gasteiger partial charge in [0.1, 0.15) is 5.82 Å². The number of rotatable bonds is 2. The molecule has 0 bridgehead atoms. The number of pyridine rings is 2. The molecule has 0 spiro atoms. The minimum atomic E-state index is -0.456. The molecule has 2 aromatic heterocycles. The smallest absolute Gasteiger partial charge is 0.146 e. The van der Waals surface area contributed by atoms with Crippen LogP contribution in [0.15, 0.2) is 36.9 Å². The van der Waals surface area contributed by atoms with E-state index < -0.39 is 5.82 Å². The maximum atomic E-state index is 13.5. The Morgan fingerprint density at radius 2 is 2.12 bits per heavy atom. The van der Waals surface area contributed by atoms with Gasteiger partial charge in [-0.25, -0.2) is 4.39 Å². The van der Waals surface area contributed by atoms with Gasteiger partial charge in [-0.2, -0.15) is 5.26 Å². The van der Waals surface area contributed by atoms with Crippen LogP contribution in [0.2, 0.25) is 0 Å². The van der Waals surface area contributed by atoms with Crippen LogP contribution in [0.4, 0.5) is 4.39 Å². The summed E-state index contributed by atoms with van der Waals surface area (Å²) in [6.45, 7) is 0. The molecule has 0 amide bonds. The summed E-state index contributed by atoms with van der Waals surface area (Å²) in [5.41, 5.74) is 1.75. The van der Waals surface area contributed by atoms with E-state index in [1.54, 1.807) is 24.7 Å². The van der Waals surface area contributed by atoms with Gasteiger partial charge in [-0.05, 0) is 6.07 Å². The third-order valence-corrected chi connectivity index (χ3v) is 2.23. The summed E-state index contributed by atoms with van der Waals surface area (Å²) in [4.78, 5) is 7.75. The van der Waals surface area contributed by atoms with Crippen LogP contribution in [0.5, 0.6) is 0 Å². The highest BCUT2D eigenvalue weighted by Crippen LogP contribution is 2.24. The van der Waals surface area contributed by atoms with E-state index in [0.29, 0.717) is 11.1 Å². The van der Waals surface area contributed by atoms with Crippen molar-refractivity contribution in [3.8, 4) is 17.2 Å². The largest absolute Gasteiger partial charge is 0.264 e. The van der Waals surface area contributed by atoms with Crippen LogP contribution in [0.25, 0.3) is 11.1 Å². The summed E-state index contributed by atoms with van der Waals surface area (Å²) in [6.07, 6.45) is 5.95. The number of nitrogens with zero attached hydrogens (tertiary/aromatic N) is 3. The highest BCUT2D eigenvalue weighted by molar-refractivity contribution is 5.65. The Bertz CT molecular complexity index is 532. The molecule has 0 atom stereocenters. The van der Waals surface area contributed by atoms with Gasteiger partial charge in [-0.3, -0.25) is 9.97 Å². The molecule has 0 aliphatic carbocycles. The lowest BCUT2D eigenvalue weighted by Gasteiger charge is -2.06. The summed E-state index contributed by atoms with van der Waals surface area (Å²) in [7, 11) is 0. The van der Waals surface area contributed by atoms with Crippen LogP contribution in [-0.4, -0.2) is 9.97 Å². The van der Waals surface area contributed by atoms with Crippen molar-refractivity contribution in [2.75, 3.05) is 0 Å². The van der Waals surface area contributed by atoms with Crippen molar-refractivity contribution in [3.63, 3.8) is 0 Å². The van der Waals surface area contributed by atoms with Crippen molar-refractivity contribution in [3.05, 3.63) is 48.3 Å². The molecule has 2 heterocycles. The molecule has 0 saturated carbocycles. The van der Waals surface area contributed by atoms with E-state index in [4.69, 9.17) is 5.26 Å². The van der Waals surface area contributed by atoms with Crippen molar-refractivity contribution >= 4 is 0 Å². The lowest BCUT2D eigenvalue weighted by atomic mass is 10.0. The van der Waals surface area contributed by atoms with E-state index >= 15 is 0 Å². The standard InChI is InChI=1S/C12H8FN3/c13-12-8-16-7-11(10(12)3-4-14)9-2-1-5-15-6-9/h1-2,5-8H,3H2. The first kappa shape index (κ1) is 10.2. The van der Waals surface area contributed by atoms with Crippen molar-refractivity contribution in [1.29, 1.82) is 5.26 Å². The molecule has 0 aliphatic heterocycles. The number of aromatic nitrogens is 2. The summed E-state index contributed by atoms with van der Waals surface area (Å²) >= 11 is 0. The van der Waals surface area contributed by atoms with Gasteiger partial charge in [0.2, 0.25) is 0 Å². The summed E-state index contributed by atoms with van der Waals surface area (Å²) in [5, 5.41) is 8.66. The minimum absolute atomic E-state index is 0.0264. The predicted molar refractivity (Wildman–Crippen MR) is 56.7 cm³/mol. The molecule has 2 rings (SSSR count). The van der Waals surface area contributed by atoms with Crippen LogP contribution >= 0.6 is 0 Å². The zero-order valence-electron chi connectivity index (χ0n) is 8.39. The molecular formula is C12H8FN3. The lowest BCUT2D eigenvalue weighted by Crippen LogP contribution is -1.95. The fourth-order valence-corrected chi connectivity index (χ4v) is 1.49. The fourth-order valence-electron chi connectivity index (χ4n) is 1.49. The van der Waals surface area contributed by atoms with E-state index in [2.05, 4.69) is 9.97 Å². The number of hydrogen-bond acceptors (Lipinski definition) is 3. The van der Waals surface area contributed by atoms with Crippen LogP contribution in [0, 0.1) is 17.1 Å². The molecule has 0 aliphatic rings. The highest BCUT2D eigenvalue weighted by atomic mass is 19.1. The Kier molecular flexibility index (Phi) is 2.88. The van der Waals surface area contributed by atoms with Gasteiger partial charge in [-0.15, -0.1) is 0 Å². The Morgan fingerprint density at radius 1 is 1.25 bits per heavy atom. The molecular weight excluding hydrogens is 205 g/mol. The van der Waals surface area contributed by atoms with Crippen LogP contribution in [-0.2, 0) is 6.42 Å². The third kappa shape index (κ3) is 1.89. The van der Waals surface area contributed by atoms with E-state index in [-0.39, 0.29) is 6.42 Å². The molecule has 4 heteroatoms. The number of hydrogen-bond donors (Lipinski definition) is 0. The Morgan fingerprint density at radius 3 is 2.81 bits per heavy atom. The van der Waals surface area contributed by atoms with Crippen LogP contribution in [0.3, 0.4) is 0 Å². The minimum Gasteiger partial charge on any atom is -0.264 e. The average molecular weight is 213 g/mol. The molecule has 0 aromatic carbocycles. The first-order chi connectivity index (χ1) is 7.83. The van der Waals surface area contributed by atoms with Crippen LogP contribution in [0.1, 0.15) is 5.56 Å². The molecule has 0 unspecified atom stereocenters. The molecule has 0 N–H and O–H groups in total. The molecule has 3 nitrogen and oxygen atoms in total. The topological polar surface area (TPSA) is 49.6 Å². The van der Waals surface area contributed by atoms with Crippen molar-refractivity contribution in [1.82, 2.24) is 9.97 Å². The second kappa shape index (κ2) is 4.49. The normalized spacial score (nSPS) is 9.75. The molecule has 0 radical (unpaired) electrons. The Hall–Kier alpha value is -2.28. The summed E-state index contributed by atoms with van der Waals surface area (Å²) in [6, 6.07) is 5.52. The zero-order chi connectivity index (χ0) is 11.4. The summed E-state index contributed by atoms with van der Waals surface area (Å²) in [5.74, 6) is -0.456.